The number of rotatable bonds is 8. The lowest BCUT2D eigenvalue weighted by molar-refractivity contribution is -0.125. The molecule has 3 amide bonds. The van der Waals surface area contributed by atoms with Gasteiger partial charge in [0.1, 0.15) is 12.6 Å². The molecule has 0 radical (unpaired) electrons. The van der Waals surface area contributed by atoms with Crippen LogP contribution in [0.25, 0.3) is 0 Å². The molecule has 36 heavy (non-hydrogen) atoms. The molecule has 8 nitrogen and oxygen atoms in total. The minimum Gasteiger partial charge on any atom is -0.378 e. The maximum atomic E-state index is 13.6. The molecular formula is C28H37N5O3. The predicted molar refractivity (Wildman–Crippen MR) is 144 cm³/mol. The van der Waals surface area contributed by atoms with Gasteiger partial charge in [0.05, 0.1) is 11.4 Å². The van der Waals surface area contributed by atoms with Gasteiger partial charge in [-0.25, -0.2) is 0 Å². The molecule has 1 atom stereocenters. The van der Waals surface area contributed by atoms with Crippen LogP contribution in [0.15, 0.2) is 42.5 Å². The van der Waals surface area contributed by atoms with Crippen LogP contribution in [0.2, 0.25) is 0 Å². The van der Waals surface area contributed by atoms with Crippen LogP contribution >= 0.6 is 0 Å². The zero-order valence-corrected chi connectivity index (χ0v) is 21.8. The number of carbonyl (C=O) groups excluding carboxylic acids is 3. The summed E-state index contributed by atoms with van der Waals surface area (Å²) >= 11 is 0. The average Bonchev–Trinajstić information content (AvgIpc) is 2.90. The highest BCUT2D eigenvalue weighted by atomic mass is 16.2. The van der Waals surface area contributed by atoms with Crippen LogP contribution in [0.4, 0.5) is 17.1 Å². The minimum absolute atomic E-state index is 0.0680. The molecule has 0 aliphatic carbocycles. The summed E-state index contributed by atoms with van der Waals surface area (Å²) < 4.78 is 0. The second kappa shape index (κ2) is 11.0. The number of anilines is 3. The van der Waals surface area contributed by atoms with Crippen molar-refractivity contribution in [3.05, 3.63) is 53.6 Å². The summed E-state index contributed by atoms with van der Waals surface area (Å²) in [5.74, 6) is -0.363. The van der Waals surface area contributed by atoms with Crippen molar-refractivity contribution >= 4 is 34.8 Å². The molecule has 8 heteroatoms. The van der Waals surface area contributed by atoms with E-state index in [2.05, 4.69) is 10.2 Å². The van der Waals surface area contributed by atoms with Crippen LogP contribution in [-0.4, -0.2) is 68.9 Å². The Kier molecular flexibility index (Phi) is 7.82. The van der Waals surface area contributed by atoms with Crippen molar-refractivity contribution in [2.24, 2.45) is 0 Å². The maximum absolute atomic E-state index is 13.6. The van der Waals surface area contributed by atoms with Crippen molar-refractivity contribution in [1.29, 1.82) is 0 Å². The number of piperidine rings is 1. The highest BCUT2D eigenvalue weighted by molar-refractivity contribution is 6.09. The molecule has 2 aliphatic heterocycles. The standard InChI is InChI=1S/C28H37N5O3/c1-5-31(6-2)27(35)21-12-15-23-25(17-21)33(28(36)24-9-7-8-16-32(23)24)19-26(34)29-18-20-10-13-22(14-11-20)30(3)4/h10-15,17,24H,5-9,16,18-19H2,1-4H3,(H,29,34)/t24-/m0/s1. The summed E-state index contributed by atoms with van der Waals surface area (Å²) in [5, 5.41) is 2.96. The van der Waals surface area contributed by atoms with Crippen molar-refractivity contribution in [3.63, 3.8) is 0 Å². The molecule has 0 bridgehead atoms. The van der Waals surface area contributed by atoms with Crippen LogP contribution in [0.1, 0.15) is 49.0 Å². The fourth-order valence-corrected chi connectivity index (χ4v) is 5.06. The van der Waals surface area contributed by atoms with Crippen molar-refractivity contribution in [2.75, 3.05) is 55.0 Å². The van der Waals surface area contributed by atoms with Gasteiger partial charge in [-0.15, -0.1) is 0 Å². The number of amides is 3. The van der Waals surface area contributed by atoms with Gasteiger partial charge in [0, 0.05) is 51.5 Å². The summed E-state index contributed by atoms with van der Waals surface area (Å²) in [7, 11) is 3.97. The Morgan fingerprint density at radius 3 is 2.39 bits per heavy atom. The molecule has 1 N–H and O–H groups in total. The number of nitrogens with one attached hydrogen (secondary N) is 1. The van der Waals surface area contributed by atoms with Gasteiger partial charge in [-0.1, -0.05) is 12.1 Å². The van der Waals surface area contributed by atoms with Gasteiger partial charge in [-0.3, -0.25) is 19.3 Å². The van der Waals surface area contributed by atoms with E-state index in [9.17, 15) is 14.4 Å². The van der Waals surface area contributed by atoms with Gasteiger partial charge < -0.3 is 20.0 Å². The fraction of sp³-hybridized carbons (Fsp3) is 0.464. The highest BCUT2D eigenvalue weighted by Gasteiger charge is 2.40. The van der Waals surface area contributed by atoms with Gasteiger partial charge in [0.15, 0.2) is 0 Å². The lowest BCUT2D eigenvalue weighted by Crippen LogP contribution is -2.57. The van der Waals surface area contributed by atoms with Crippen LogP contribution < -0.4 is 20.0 Å². The molecule has 2 aromatic rings. The van der Waals surface area contributed by atoms with Crippen LogP contribution in [0.5, 0.6) is 0 Å². The van der Waals surface area contributed by atoms with Gasteiger partial charge >= 0.3 is 0 Å². The summed E-state index contributed by atoms with van der Waals surface area (Å²) in [5.41, 5.74) is 4.17. The third kappa shape index (κ3) is 5.17. The van der Waals surface area contributed by atoms with E-state index in [1.54, 1.807) is 15.9 Å². The van der Waals surface area contributed by atoms with Crippen molar-refractivity contribution in [3.8, 4) is 0 Å². The first kappa shape index (κ1) is 25.5. The Morgan fingerprint density at radius 1 is 1.00 bits per heavy atom. The first-order valence-corrected chi connectivity index (χ1v) is 12.9. The summed E-state index contributed by atoms with van der Waals surface area (Å²) in [6, 6.07) is 13.3. The molecule has 1 saturated heterocycles. The highest BCUT2D eigenvalue weighted by Crippen LogP contribution is 2.40. The second-order valence-corrected chi connectivity index (χ2v) is 9.65. The van der Waals surface area contributed by atoms with Crippen LogP contribution in [-0.2, 0) is 16.1 Å². The van der Waals surface area contributed by atoms with E-state index in [1.165, 1.54) is 0 Å². The Bertz CT molecular complexity index is 1110. The number of nitrogens with zero attached hydrogens (tertiary/aromatic N) is 4. The first-order valence-electron chi connectivity index (χ1n) is 12.9. The quantitative estimate of drug-likeness (QED) is 0.614. The largest absolute Gasteiger partial charge is 0.378 e. The van der Waals surface area contributed by atoms with Gasteiger partial charge in [0.25, 0.3) is 5.91 Å². The number of benzene rings is 2. The van der Waals surface area contributed by atoms with Crippen molar-refractivity contribution in [1.82, 2.24) is 10.2 Å². The average molecular weight is 492 g/mol. The molecule has 0 aromatic heterocycles. The smallest absolute Gasteiger partial charge is 0.253 e. The van der Waals surface area contributed by atoms with E-state index >= 15 is 0 Å². The Hall–Kier alpha value is -3.55. The van der Waals surface area contributed by atoms with E-state index < -0.39 is 0 Å². The molecule has 0 unspecified atom stereocenters. The van der Waals surface area contributed by atoms with Gasteiger partial charge in [-0.05, 0) is 69.0 Å². The first-order chi connectivity index (χ1) is 17.3. The molecule has 192 valence electrons. The monoisotopic (exact) mass is 491 g/mol. The summed E-state index contributed by atoms with van der Waals surface area (Å²) in [6.45, 7) is 6.24. The van der Waals surface area contributed by atoms with Crippen molar-refractivity contribution in [2.45, 2.75) is 45.7 Å². The molecule has 1 fully saturated rings. The van der Waals surface area contributed by atoms with Gasteiger partial charge in [-0.2, -0.15) is 0 Å². The Labute approximate surface area is 213 Å². The fourth-order valence-electron chi connectivity index (χ4n) is 5.06. The lowest BCUT2D eigenvalue weighted by atomic mass is 9.95. The number of hydrogen-bond acceptors (Lipinski definition) is 5. The predicted octanol–water partition coefficient (Wildman–Crippen LogP) is 3.26. The molecule has 2 heterocycles. The zero-order valence-electron chi connectivity index (χ0n) is 21.8. The van der Waals surface area contributed by atoms with Crippen LogP contribution in [0.3, 0.4) is 0 Å². The minimum atomic E-state index is -0.262. The van der Waals surface area contributed by atoms with E-state index in [0.29, 0.717) is 30.9 Å². The lowest BCUT2D eigenvalue weighted by Gasteiger charge is -2.45. The van der Waals surface area contributed by atoms with E-state index in [4.69, 9.17) is 0 Å². The Balaban J connectivity index is 1.56. The maximum Gasteiger partial charge on any atom is 0.253 e. The molecule has 2 aromatic carbocycles. The molecule has 0 saturated carbocycles. The molecule has 0 spiro atoms. The summed E-state index contributed by atoms with van der Waals surface area (Å²) in [6.07, 6.45) is 2.79. The normalized spacial score (nSPS) is 16.8. The number of hydrogen-bond donors (Lipinski definition) is 1. The van der Waals surface area contributed by atoms with Crippen molar-refractivity contribution < 1.29 is 14.4 Å². The molecule has 2 aliphatic rings. The molecule has 4 rings (SSSR count). The third-order valence-electron chi connectivity index (χ3n) is 7.17. The zero-order chi connectivity index (χ0) is 25.8. The SMILES string of the molecule is CCN(CC)C(=O)c1ccc2c(c1)N(CC(=O)NCc1ccc(N(C)C)cc1)C(=O)[C@@H]1CCCCN21. The summed E-state index contributed by atoms with van der Waals surface area (Å²) in [4.78, 5) is 47.1. The number of fused-ring (bicyclic) bond motifs is 3. The van der Waals surface area contributed by atoms with E-state index in [0.717, 1.165) is 42.7 Å². The Morgan fingerprint density at radius 2 is 1.72 bits per heavy atom. The van der Waals surface area contributed by atoms with Crippen LogP contribution in [0, 0.1) is 0 Å². The second-order valence-electron chi connectivity index (χ2n) is 9.65. The number of carbonyl (C=O) groups is 3. The van der Waals surface area contributed by atoms with Gasteiger partial charge in [0.2, 0.25) is 11.8 Å². The van der Waals surface area contributed by atoms with E-state index in [-0.39, 0.29) is 30.3 Å². The van der Waals surface area contributed by atoms with E-state index in [1.807, 2.05) is 69.2 Å². The topological polar surface area (TPSA) is 76.2 Å². The third-order valence-corrected chi connectivity index (χ3v) is 7.17. The molecular weight excluding hydrogens is 454 g/mol.